The lowest BCUT2D eigenvalue weighted by atomic mass is 10.0. The normalized spacial score (nSPS) is 12.2. The van der Waals surface area contributed by atoms with Crippen LogP contribution >= 0.6 is 0 Å². The highest BCUT2D eigenvalue weighted by Crippen LogP contribution is 2.24. The molecule has 0 radical (unpaired) electrons. The lowest BCUT2D eigenvalue weighted by molar-refractivity contribution is -0.132. The van der Waals surface area contributed by atoms with Crippen LogP contribution in [0.4, 0.5) is 0 Å². The van der Waals surface area contributed by atoms with Crippen LogP contribution in [-0.4, -0.2) is 31.7 Å². The zero-order valence-corrected chi connectivity index (χ0v) is 14.1. The van der Waals surface area contributed by atoms with E-state index >= 15 is 0 Å². The van der Waals surface area contributed by atoms with Gasteiger partial charge < -0.3 is 9.30 Å². The van der Waals surface area contributed by atoms with Crippen molar-refractivity contribution in [2.24, 2.45) is 0 Å². The van der Waals surface area contributed by atoms with Crippen LogP contribution in [0.1, 0.15) is 37.6 Å². The molecule has 0 aliphatic heterocycles. The van der Waals surface area contributed by atoms with Crippen LogP contribution < -0.4 is 0 Å². The van der Waals surface area contributed by atoms with Gasteiger partial charge in [0.1, 0.15) is 5.65 Å². The van der Waals surface area contributed by atoms with Gasteiger partial charge in [-0.15, -0.1) is 0 Å². The Morgan fingerprint density at radius 2 is 2.00 bits per heavy atom. The molecule has 0 saturated heterocycles. The first-order valence-corrected chi connectivity index (χ1v) is 8.35. The van der Waals surface area contributed by atoms with Crippen molar-refractivity contribution >= 4 is 11.6 Å². The molecule has 0 fully saturated rings. The average molecular weight is 322 g/mol. The van der Waals surface area contributed by atoms with Crippen molar-refractivity contribution in [2.75, 3.05) is 6.54 Å². The number of pyridine rings is 2. The minimum Gasteiger partial charge on any atom is -0.336 e. The molecule has 124 valence electrons. The smallest absolute Gasteiger partial charge is 0.229 e. The van der Waals surface area contributed by atoms with Crippen LogP contribution in [0.25, 0.3) is 5.65 Å². The Hall–Kier alpha value is -2.69. The minimum absolute atomic E-state index is 0.0718. The van der Waals surface area contributed by atoms with Crippen LogP contribution in [0.5, 0.6) is 0 Å². The summed E-state index contributed by atoms with van der Waals surface area (Å²) in [6, 6.07) is 9.88. The van der Waals surface area contributed by atoms with Gasteiger partial charge in [-0.05, 0) is 43.2 Å². The lowest BCUT2D eigenvalue weighted by Crippen LogP contribution is -2.35. The SMILES string of the molecule is CC[C@@H](c1ccncc1)N(CC)C(=O)Cc1cn2ccccc2n1. The molecule has 0 aliphatic rings. The maximum atomic E-state index is 12.9. The molecule has 3 aromatic heterocycles. The summed E-state index contributed by atoms with van der Waals surface area (Å²) in [4.78, 5) is 23.4. The number of imidazole rings is 1. The molecular weight excluding hydrogens is 300 g/mol. The van der Waals surface area contributed by atoms with Gasteiger partial charge in [0.15, 0.2) is 0 Å². The van der Waals surface area contributed by atoms with Crippen molar-refractivity contribution in [3.8, 4) is 0 Å². The van der Waals surface area contributed by atoms with Crippen molar-refractivity contribution in [1.29, 1.82) is 0 Å². The van der Waals surface area contributed by atoms with Crippen LogP contribution in [0.15, 0.2) is 55.1 Å². The highest BCUT2D eigenvalue weighted by Gasteiger charge is 2.23. The molecule has 0 unspecified atom stereocenters. The van der Waals surface area contributed by atoms with Crippen molar-refractivity contribution in [1.82, 2.24) is 19.3 Å². The van der Waals surface area contributed by atoms with Gasteiger partial charge in [0.2, 0.25) is 5.91 Å². The van der Waals surface area contributed by atoms with Crippen LogP contribution in [-0.2, 0) is 11.2 Å². The quantitative estimate of drug-likeness (QED) is 0.700. The molecule has 0 aliphatic carbocycles. The molecule has 5 heteroatoms. The molecule has 0 bridgehead atoms. The van der Waals surface area contributed by atoms with Crippen molar-refractivity contribution in [2.45, 2.75) is 32.7 Å². The van der Waals surface area contributed by atoms with E-state index in [9.17, 15) is 4.79 Å². The first-order valence-electron chi connectivity index (χ1n) is 8.35. The summed E-state index contributed by atoms with van der Waals surface area (Å²) in [6.45, 7) is 4.80. The Kier molecular flexibility index (Phi) is 4.89. The van der Waals surface area contributed by atoms with Crippen molar-refractivity contribution in [3.63, 3.8) is 0 Å². The third kappa shape index (κ3) is 3.30. The van der Waals surface area contributed by atoms with E-state index in [-0.39, 0.29) is 11.9 Å². The second kappa shape index (κ2) is 7.25. The number of carbonyl (C=O) groups excluding carboxylic acids is 1. The number of hydrogen-bond acceptors (Lipinski definition) is 3. The number of rotatable bonds is 6. The predicted octanol–water partition coefficient (Wildman–Crippen LogP) is 3.27. The number of fused-ring (bicyclic) bond motifs is 1. The van der Waals surface area contributed by atoms with E-state index in [0.717, 1.165) is 23.3 Å². The molecule has 1 amide bonds. The van der Waals surface area contributed by atoms with E-state index in [0.29, 0.717) is 13.0 Å². The summed E-state index contributed by atoms with van der Waals surface area (Å²) in [5, 5.41) is 0. The minimum atomic E-state index is 0.0718. The van der Waals surface area contributed by atoms with E-state index in [1.807, 2.05) is 58.9 Å². The highest BCUT2D eigenvalue weighted by atomic mass is 16.2. The van der Waals surface area contributed by atoms with Gasteiger partial charge in [-0.1, -0.05) is 13.0 Å². The third-order valence-electron chi connectivity index (χ3n) is 4.26. The molecule has 0 saturated carbocycles. The van der Waals surface area contributed by atoms with E-state index in [4.69, 9.17) is 0 Å². The van der Waals surface area contributed by atoms with E-state index in [2.05, 4.69) is 16.9 Å². The Bertz CT molecular complexity index is 779. The molecular formula is C19H22N4O. The molecule has 3 heterocycles. The summed E-state index contributed by atoms with van der Waals surface area (Å²) in [7, 11) is 0. The van der Waals surface area contributed by atoms with Gasteiger partial charge in [-0.2, -0.15) is 0 Å². The first kappa shape index (κ1) is 16.2. The van der Waals surface area contributed by atoms with Crippen LogP contribution in [0.3, 0.4) is 0 Å². The monoisotopic (exact) mass is 322 g/mol. The van der Waals surface area contributed by atoms with Crippen LogP contribution in [0, 0.1) is 0 Å². The van der Waals surface area contributed by atoms with Gasteiger partial charge in [0, 0.05) is 31.3 Å². The van der Waals surface area contributed by atoms with Gasteiger partial charge in [0.25, 0.3) is 0 Å². The first-order chi connectivity index (χ1) is 11.7. The highest BCUT2D eigenvalue weighted by molar-refractivity contribution is 5.79. The fourth-order valence-electron chi connectivity index (χ4n) is 3.12. The number of likely N-dealkylation sites (N-methyl/N-ethyl adjacent to an activating group) is 1. The third-order valence-corrected chi connectivity index (χ3v) is 4.26. The van der Waals surface area contributed by atoms with Gasteiger partial charge in [-0.25, -0.2) is 4.98 Å². The molecule has 24 heavy (non-hydrogen) atoms. The molecule has 3 aromatic rings. The zero-order chi connectivity index (χ0) is 16.9. The van der Waals surface area contributed by atoms with Crippen LogP contribution in [0.2, 0.25) is 0 Å². The molecule has 0 spiro atoms. The molecule has 5 nitrogen and oxygen atoms in total. The Balaban J connectivity index is 1.80. The lowest BCUT2D eigenvalue weighted by Gasteiger charge is -2.30. The predicted molar refractivity (Wildman–Crippen MR) is 93.6 cm³/mol. The molecule has 3 rings (SSSR count). The summed E-state index contributed by atoms with van der Waals surface area (Å²) in [5.41, 5.74) is 2.79. The number of aromatic nitrogens is 3. The van der Waals surface area contributed by atoms with E-state index < -0.39 is 0 Å². The Labute approximate surface area is 142 Å². The number of nitrogens with zero attached hydrogens (tertiary/aromatic N) is 4. The Morgan fingerprint density at radius 3 is 2.67 bits per heavy atom. The fraction of sp³-hybridized carbons (Fsp3) is 0.316. The maximum absolute atomic E-state index is 12.9. The fourth-order valence-corrected chi connectivity index (χ4v) is 3.12. The molecule has 0 aromatic carbocycles. The van der Waals surface area contributed by atoms with Gasteiger partial charge in [0.05, 0.1) is 18.2 Å². The summed E-state index contributed by atoms with van der Waals surface area (Å²) in [5.74, 6) is 0.101. The number of carbonyl (C=O) groups is 1. The van der Waals surface area contributed by atoms with E-state index in [1.165, 1.54) is 0 Å². The number of hydrogen-bond donors (Lipinski definition) is 0. The van der Waals surface area contributed by atoms with Crippen molar-refractivity contribution in [3.05, 3.63) is 66.4 Å². The second-order valence-electron chi connectivity index (χ2n) is 5.76. The largest absolute Gasteiger partial charge is 0.336 e. The summed E-state index contributed by atoms with van der Waals surface area (Å²) < 4.78 is 1.94. The van der Waals surface area contributed by atoms with Crippen molar-refractivity contribution < 1.29 is 4.79 Å². The average Bonchev–Trinajstić information content (AvgIpc) is 3.02. The topological polar surface area (TPSA) is 50.5 Å². The van der Waals surface area contributed by atoms with Gasteiger partial charge in [-0.3, -0.25) is 9.78 Å². The Morgan fingerprint density at radius 1 is 1.21 bits per heavy atom. The molecule has 0 N–H and O–H groups in total. The summed E-state index contributed by atoms with van der Waals surface area (Å²) >= 11 is 0. The maximum Gasteiger partial charge on any atom is 0.229 e. The standard InChI is InChI=1S/C19H22N4O/c1-3-17(15-8-10-20-11-9-15)23(4-2)19(24)13-16-14-22-12-6-5-7-18(22)21-16/h5-12,14,17H,3-4,13H2,1-2H3/t17-/m0/s1. The number of amides is 1. The van der Waals surface area contributed by atoms with E-state index in [1.54, 1.807) is 12.4 Å². The molecule has 1 atom stereocenters. The van der Waals surface area contributed by atoms with Gasteiger partial charge >= 0.3 is 0 Å². The second-order valence-corrected chi connectivity index (χ2v) is 5.76. The summed E-state index contributed by atoms with van der Waals surface area (Å²) in [6.07, 6.45) is 8.61. The zero-order valence-electron chi connectivity index (χ0n) is 14.1.